The van der Waals surface area contributed by atoms with Crippen molar-refractivity contribution in [1.29, 1.82) is 0 Å². The van der Waals surface area contributed by atoms with Gasteiger partial charge in [-0.1, -0.05) is 0 Å². The molecule has 3 nitrogen and oxygen atoms in total. The molecule has 19 heavy (non-hydrogen) atoms. The summed E-state index contributed by atoms with van der Waals surface area (Å²) in [5.41, 5.74) is -3.03. The number of hydrogen-bond acceptors (Lipinski definition) is 3. The number of carbonyl (C=O) groups is 1. The van der Waals surface area contributed by atoms with E-state index < -0.39 is 47.5 Å². The molecule has 1 aromatic heterocycles. The molecule has 8 heteroatoms. The van der Waals surface area contributed by atoms with Crippen LogP contribution in [0.15, 0.2) is 6.07 Å². The van der Waals surface area contributed by atoms with Crippen LogP contribution in [0.2, 0.25) is 0 Å². The van der Waals surface area contributed by atoms with Crippen molar-refractivity contribution < 1.29 is 31.5 Å². The third kappa shape index (κ3) is 3.62. The van der Waals surface area contributed by atoms with Gasteiger partial charge in [-0.3, -0.25) is 4.79 Å². The number of nitrogens with zero attached hydrogens (tertiary/aromatic N) is 1. The van der Waals surface area contributed by atoms with Gasteiger partial charge in [0.15, 0.2) is 0 Å². The lowest BCUT2D eigenvalue weighted by Crippen LogP contribution is -2.16. The summed E-state index contributed by atoms with van der Waals surface area (Å²) in [6.45, 7) is 1.03. The average Bonchev–Trinajstić information content (AvgIpc) is 2.28. The topological polar surface area (TPSA) is 39.2 Å². The van der Waals surface area contributed by atoms with Crippen molar-refractivity contribution in [3.63, 3.8) is 0 Å². The van der Waals surface area contributed by atoms with E-state index in [1.54, 1.807) is 0 Å². The normalized spacial score (nSPS) is 11.8. The smallest absolute Gasteiger partial charge is 0.433 e. The lowest BCUT2D eigenvalue weighted by atomic mass is 10.1. The fourth-order valence-electron chi connectivity index (χ4n) is 1.50. The van der Waals surface area contributed by atoms with E-state index in [-0.39, 0.29) is 0 Å². The highest BCUT2D eigenvalue weighted by Gasteiger charge is 2.36. The summed E-state index contributed by atoms with van der Waals surface area (Å²) in [4.78, 5) is 14.2. The SMILES string of the molecule is COC(=O)Cc1nc(C(F)(F)F)c(C)cc1C(F)F. The van der Waals surface area contributed by atoms with Gasteiger partial charge in [-0.2, -0.15) is 13.2 Å². The minimum atomic E-state index is -4.77. The summed E-state index contributed by atoms with van der Waals surface area (Å²) in [5, 5.41) is 0. The van der Waals surface area contributed by atoms with Crippen LogP contribution < -0.4 is 0 Å². The molecule has 106 valence electrons. The molecule has 0 aromatic carbocycles. The molecule has 0 spiro atoms. The Morgan fingerprint density at radius 2 is 2.00 bits per heavy atom. The number of alkyl halides is 5. The second-order valence-electron chi connectivity index (χ2n) is 3.74. The van der Waals surface area contributed by atoms with Crippen molar-refractivity contribution in [2.24, 2.45) is 0 Å². The van der Waals surface area contributed by atoms with E-state index in [2.05, 4.69) is 9.72 Å². The van der Waals surface area contributed by atoms with Crippen LogP contribution in [-0.2, 0) is 22.1 Å². The van der Waals surface area contributed by atoms with Crippen LogP contribution in [0.25, 0.3) is 0 Å². The molecule has 0 saturated carbocycles. The summed E-state index contributed by atoms with van der Waals surface area (Å²) in [6.07, 6.45) is -8.53. The average molecular weight is 283 g/mol. The quantitative estimate of drug-likeness (QED) is 0.632. The number of rotatable bonds is 3. The number of aryl methyl sites for hydroxylation is 1. The molecule has 0 atom stereocenters. The monoisotopic (exact) mass is 283 g/mol. The lowest BCUT2D eigenvalue weighted by molar-refractivity contribution is -0.143. The van der Waals surface area contributed by atoms with Crippen LogP contribution in [0.4, 0.5) is 22.0 Å². The number of methoxy groups -OCH3 is 1. The standard InChI is InChI=1S/C11H10F5NO2/c1-5-3-6(10(12)13)7(4-8(18)19-2)17-9(5)11(14,15)16/h3,10H,4H2,1-2H3. The second kappa shape index (κ2) is 5.50. The van der Waals surface area contributed by atoms with Crippen molar-refractivity contribution in [1.82, 2.24) is 4.98 Å². The minimum absolute atomic E-state index is 0.420. The van der Waals surface area contributed by atoms with Gasteiger partial charge < -0.3 is 4.74 Å². The third-order valence-electron chi connectivity index (χ3n) is 2.37. The van der Waals surface area contributed by atoms with E-state index >= 15 is 0 Å². The summed E-state index contributed by atoms with van der Waals surface area (Å²) < 4.78 is 67.5. The molecular weight excluding hydrogens is 273 g/mol. The van der Waals surface area contributed by atoms with Gasteiger partial charge in [0.2, 0.25) is 0 Å². The number of hydrogen-bond donors (Lipinski definition) is 0. The van der Waals surface area contributed by atoms with Crippen molar-refractivity contribution in [2.45, 2.75) is 25.9 Å². The van der Waals surface area contributed by atoms with E-state index in [9.17, 15) is 26.7 Å². The summed E-state index contributed by atoms with van der Waals surface area (Å²) in [5.74, 6) is -0.939. The molecule has 0 aliphatic heterocycles. The number of carbonyl (C=O) groups excluding carboxylic acids is 1. The molecule has 0 N–H and O–H groups in total. The first-order chi connectivity index (χ1) is 8.66. The largest absolute Gasteiger partial charge is 0.469 e. The zero-order valence-corrected chi connectivity index (χ0v) is 10.0. The van der Waals surface area contributed by atoms with Gasteiger partial charge in [0.1, 0.15) is 5.69 Å². The molecule has 0 aliphatic carbocycles. The van der Waals surface area contributed by atoms with Gasteiger partial charge in [0.25, 0.3) is 6.43 Å². The first-order valence-electron chi connectivity index (χ1n) is 5.09. The predicted octanol–water partition coefficient (Wildman–Crippen LogP) is 3.06. The van der Waals surface area contributed by atoms with E-state index in [4.69, 9.17) is 0 Å². The Balaban J connectivity index is 3.35. The highest BCUT2D eigenvalue weighted by molar-refractivity contribution is 5.72. The fraction of sp³-hybridized carbons (Fsp3) is 0.455. The molecule has 0 aliphatic rings. The van der Waals surface area contributed by atoms with E-state index in [0.29, 0.717) is 6.07 Å². The number of halogens is 5. The molecule has 0 amide bonds. The first-order valence-corrected chi connectivity index (χ1v) is 5.09. The molecule has 0 radical (unpaired) electrons. The minimum Gasteiger partial charge on any atom is -0.469 e. The second-order valence-corrected chi connectivity index (χ2v) is 3.74. The van der Waals surface area contributed by atoms with Gasteiger partial charge in [-0.25, -0.2) is 13.8 Å². The number of aromatic nitrogens is 1. The molecular formula is C11H10F5NO2. The lowest BCUT2D eigenvalue weighted by Gasteiger charge is -2.14. The highest BCUT2D eigenvalue weighted by atomic mass is 19.4. The van der Waals surface area contributed by atoms with E-state index in [0.717, 1.165) is 14.0 Å². The van der Waals surface area contributed by atoms with Crippen LogP contribution in [-0.4, -0.2) is 18.1 Å². The number of pyridine rings is 1. The first kappa shape index (κ1) is 15.3. The highest BCUT2D eigenvalue weighted by Crippen LogP contribution is 2.33. The molecule has 1 aromatic rings. The Morgan fingerprint density at radius 3 is 2.42 bits per heavy atom. The Kier molecular flexibility index (Phi) is 4.43. The third-order valence-corrected chi connectivity index (χ3v) is 2.37. The molecule has 0 unspecified atom stereocenters. The summed E-state index contributed by atoms with van der Waals surface area (Å²) >= 11 is 0. The molecule has 1 rings (SSSR count). The van der Waals surface area contributed by atoms with Crippen LogP contribution in [0.3, 0.4) is 0 Å². The van der Waals surface area contributed by atoms with Crippen molar-refractivity contribution in [3.8, 4) is 0 Å². The van der Waals surface area contributed by atoms with Crippen molar-refractivity contribution in [2.75, 3.05) is 7.11 Å². The van der Waals surface area contributed by atoms with Crippen molar-refractivity contribution >= 4 is 5.97 Å². The van der Waals surface area contributed by atoms with Gasteiger partial charge in [-0.05, 0) is 18.6 Å². The van der Waals surface area contributed by atoms with Gasteiger partial charge in [0.05, 0.1) is 19.2 Å². The maximum absolute atomic E-state index is 12.7. The van der Waals surface area contributed by atoms with E-state index in [1.807, 2.05) is 0 Å². The Morgan fingerprint density at radius 1 is 1.42 bits per heavy atom. The molecule has 1 heterocycles. The maximum atomic E-state index is 12.7. The Bertz CT molecular complexity index is 485. The van der Waals surface area contributed by atoms with Crippen molar-refractivity contribution in [3.05, 3.63) is 28.6 Å². The Labute approximate surface area is 105 Å². The van der Waals surface area contributed by atoms with Gasteiger partial charge in [0, 0.05) is 5.56 Å². The van der Waals surface area contributed by atoms with Gasteiger partial charge >= 0.3 is 12.1 Å². The summed E-state index contributed by atoms with van der Waals surface area (Å²) in [7, 11) is 1.00. The zero-order chi connectivity index (χ0) is 14.8. The summed E-state index contributed by atoms with van der Waals surface area (Å²) in [6, 6.07) is 0.693. The van der Waals surface area contributed by atoms with Crippen LogP contribution >= 0.6 is 0 Å². The number of ether oxygens (including phenoxy) is 1. The molecule has 0 saturated heterocycles. The van der Waals surface area contributed by atoms with Crippen LogP contribution in [0.5, 0.6) is 0 Å². The Hall–Kier alpha value is -1.73. The van der Waals surface area contributed by atoms with Crippen LogP contribution in [0, 0.1) is 6.92 Å². The number of esters is 1. The van der Waals surface area contributed by atoms with E-state index in [1.165, 1.54) is 0 Å². The molecule has 0 fully saturated rings. The predicted molar refractivity (Wildman–Crippen MR) is 54.7 cm³/mol. The fourth-order valence-corrected chi connectivity index (χ4v) is 1.50. The maximum Gasteiger partial charge on any atom is 0.433 e. The molecule has 0 bridgehead atoms. The van der Waals surface area contributed by atoms with Crippen LogP contribution in [0.1, 0.15) is 28.9 Å². The van der Waals surface area contributed by atoms with Gasteiger partial charge in [-0.15, -0.1) is 0 Å². The zero-order valence-electron chi connectivity index (χ0n) is 10.0.